The Labute approximate surface area is 157 Å². The van der Waals surface area contributed by atoms with Gasteiger partial charge in [-0.3, -0.25) is 14.7 Å². The second-order valence-corrected chi connectivity index (χ2v) is 7.03. The second kappa shape index (κ2) is 7.23. The van der Waals surface area contributed by atoms with E-state index in [1.165, 1.54) is 6.92 Å². The highest BCUT2D eigenvalue weighted by atomic mass is 16.2. The van der Waals surface area contributed by atoms with Gasteiger partial charge in [-0.2, -0.15) is 5.10 Å². The molecule has 1 saturated heterocycles. The van der Waals surface area contributed by atoms with Gasteiger partial charge in [-0.15, -0.1) is 0 Å². The molecule has 1 aliphatic heterocycles. The lowest BCUT2D eigenvalue weighted by Gasteiger charge is -2.32. The Bertz CT molecular complexity index is 995. The van der Waals surface area contributed by atoms with Crippen LogP contribution in [0.5, 0.6) is 0 Å². The van der Waals surface area contributed by atoms with Crippen LogP contribution in [0.2, 0.25) is 0 Å². The van der Waals surface area contributed by atoms with Gasteiger partial charge in [0.2, 0.25) is 5.91 Å². The smallest absolute Gasteiger partial charge is 0.253 e. The highest BCUT2D eigenvalue weighted by Crippen LogP contribution is 2.31. The summed E-state index contributed by atoms with van der Waals surface area (Å²) in [5, 5.41) is 12.1. The zero-order valence-corrected chi connectivity index (χ0v) is 15.2. The summed E-state index contributed by atoms with van der Waals surface area (Å²) in [5.74, 6) is 0.0520. The van der Waals surface area contributed by atoms with Gasteiger partial charge in [-0.05, 0) is 35.7 Å². The van der Waals surface area contributed by atoms with Crippen molar-refractivity contribution in [3.05, 3.63) is 59.9 Å². The summed E-state index contributed by atoms with van der Waals surface area (Å²) in [5.41, 5.74) is 2.30. The maximum absolute atomic E-state index is 13.1. The van der Waals surface area contributed by atoms with Gasteiger partial charge in [0.05, 0.1) is 17.6 Å². The maximum Gasteiger partial charge on any atom is 0.253 e. The summed E-state index contributed by atoms with van der Waals surface area (Å²) in [6, 6.07) is 13.9. The molecular weight excluding hydrogens is 340 g/mol. The third-order valence-electron chi connectivity index (χ3n) is 5.09. The molecule has 2 heterocycles. The molecule has 0 radical (unpaired) electrons. The number of H-pyrrole nitrogens is 1. The molecule has 0 unspecified atom stereocenters. The van der Waals surface area contributed by atoms with E-state index in [0.717, 1.165) is 35.9 Å². The number of carbonyl (C=O) groups excluding carboxylic acids is 2. The van der Waals surface area contributed by atoms with E-state index in [9.17, 15) is 9.59 Å². The standard InChI is InChI=1S/C21H22N4O2/c1-14(26)23-19-12-22-24-20(19)18-7-4-10-25(13-18)21(27)17-9-8-15-5-2-3-6-16(15)11-17/h2-3,5-6,8-9,11-12,18H,4,7,10,13H2,1H3,(H,22,24)(H,23,26)/t18-/m0/s1. The molecule has 0 bridgehead atoms. The van der Waals surface area contributed by atoms with Gasteiger partial charge in [0.15, 0.2) is 0 Å². The fourth-order valence-corrected chi connectivity index (χ4v) is 3.80. The minimum Gasteiger partial charge on any atom is -0.338 e. The SMILES string of the molecule is CC(=O)Nc1cn[nH]c1[C@H]1CCCN(C(=O)c2ccc3ccccc3c2)C1. The van der Waals surface area contributed by atoms with Crippen molar-refractivity contribution >= 4 is 28.3 Å². The Balaban J connectivity index is 1.54. The van der Waals surface area contributed by atoms with Gasteiger partial charge in [0, 0.05) is 31.5 Å². The number of fused-ring (bicyclic) bond motifs is 1. The van der Waals surface area contributed by atoms with Crippen molar-refractivity contribution in [2.45, 2.75) is 25.7 Å². The molecule has 2 aromatic carbocycles. The van der Waals surface area contributed by atoms with E-state index in [-0.39, 0.29) is 17.7 Å². The molecule has 4 rings (SSSR count). The molecule has 6 nitrogen and oxygen atoms in total. The number of hydrogen-bond acceptors (Lipinski definition) is 3. The summed E-state index contributed by atoms with van der Waals surface area (Å²) in [6.45, 7) is 2.83. The molecule has 2 N–H and O–H groups in total. The van der Waals surface area contributed by atoms with Crippen LogP contribution in [-0.2, 0) is 4.79 Å². The van der Waals surface area contributed by atoms with Crippen LogP contribution in [0.3, 0.4) is 0 Å². The molecule has 138 valence electrons. The summed E-state index contributed by atoms with van der Waals surface area (Å²) in [7, 11) is 0. The van der Waals surface area contributed by atoms with Crippen LogP contribution in [-0.4, -0.2) is 40.0 Å². The summed E-state index contributed by atoms with van der Waals surface area (Å²) >= 11 is 0. The number of benzene rings is 2. The number of aromatic amines is 1. The second-order valence-electron chi connectivity index (χ2n) is 7.03. The maximum atomic E-state index is 13.1. The van der Waals surface area contributed by atoms with E-state index in [1.54, 1.807) is 6.20 Å². The quantitative estimate of drug-likeness (QED) is 0.748. The monoisotopic (exact) mass is 362 g/mol. The van der Waals surface area contributed by atoms with Gasteiger partial charge in [0.1, 0.15) is 0 Å². The molecule has 6 heteroatoms. The molecule has 0 spiro atoms. The lowest BCUT2D eigenvalue weighted by molar-refractivity contribution is -0.114. The van der Waals surface area contributed by atoms with Crippen LogP contribution in [0, 0.1) is 0 Å². The van der Waals surface area contributed by atoms with Crippen LogP contribution < -0.4 is 5.32 Å². The van der Waals surface area contributed by atoms with Crippen molar-refractivity contribution in [3.8, 4) is 0 Å². The molecule has 0 aliphatic carbocycles. The van der Waals surface area contributed by atoms with E-state index in [2.05, 4.69) is 15.5 Å². The van der Waals surface area contributed by atoms with Crippen LogP contribution in [0.25, 0.3) is 10.8 Å². The molecule has 1 atom stereocenters. The zero-order valence-electron chi connectivity index (χ0n) is 15.2. The van der Waals surface area contributed by atoms with Crippen LogP contribution in [0.1, 0.15) is 41.7 Å². The first-order valence-corrected chi connectivity index (χ1v) is 9.21. The van der Waals surface area contributed by atoms with E-state index >= 15 is 0 Å². The number of carbonyl (C=O) groups is 2. The van der Waals surface area contributed by atoms with Gasteiger partial charge >= 0.3 is 0 Å². The number of likely N-dealkylation sites (tertiary alicyclic amines) is 1. The largest absolute Gasteiger partial charge is 0.338 e. The fraction of sp³-hybridized carbons (Fsp3) is 0.286. The van der Waals surface area contributed by atoms with Crippen LogP contribution >= 0.6 is 0 Å². The number of amides is 2. The predicted octanol–water partition coefficient (Wildman–Crippen LogP) is 3.54. The highest BCUT2D eigenvalue weighted by Gasteiger charge is 2.28. The van der Waals surface area contributed by atoms with Crippen molar-refractivity contribution in [2.75, 3.05) is 18.4 Å². The number of rotatable bonds is 3. The fourth-order valence-electron chi connectivity index (χ4n) is 3.80. The Kier molecular flexibility index (Phi) is 4.62. The van der Waals surface area contributed by atoms with E-state index in [0.29, 0.717) is 17.8 Å². The van der Waals surface area contributed by atoms with Gasteiger partial charge in [-0.1, -0.05) is 30.3 Å². The average Bonchev–Trinajstić information content (AvgIpc) is 3.14. The Hall–Kier alpha value is -3.15. The van der Waals surface area contributed by atoms with E-state index in [4.69, 9.17) is 0 Å². The third-order valence-corrected chi connectivity index (χ3v) is 5.09. The summed E-state index contributed by atoms with van der Waals surface area (Å²) < 4.78 is 0. The van der Waals surface area contributed by atoms with Gasteiger partial charge in [0.25, 0.3) is 5.91 Å². The van der Waals surface area contributed by atoms with E-state index < -0.39 is 0 Å². The first-order chi connectivity index (χ1) is 13.1. The zero-order chi connectivity index (χ0) is 18.8. The first-order valence-electron chi connectivity index (χ1n) is 9.21. The minimum absolute atomic E-state index is 0.0473. The predicted molar refractivity (Wildman–Crippen MR) is 105 cm³/mol. The number of nitrogens with zero attached hydrogens (tertiary/aromatic N) is 2. The molecule has 27 heavy (non-hydrogen) atoms. The van der Waals surface area contributed by atoms with Crippen molar-refractivity contribution in [1.29, 1.82) is 0 Å². The molecule has 2 amide bonds. The van der Waals surface area contributed by atoms with Crippen molar-refractivity contribution in [2.24, 2.45) is 0 Å². The van der Waals surface area contributed by atoms with Gasteiger partial charge in [-0.25, -0.2) is 0 Å². The number of nitrogens with one attached hydrogen (secondary N) is 2. The average molecular weight is 362 g/mol. The number of hydrogen-bond donors (Lipinski definition) is 2. The van der Waals surface area contributed by atoms with Crippen molar-refractivity contribution < 1.29 is 9.59 Å². The van der Waals surface area contributed by atoms with Gasteiger partial charge < -0.3 is 10.2 Å². The molecule has 1 aliphatic rings. The topological polar surface area (TPSA) is 78.1 Å². The number of piperidine rings is 1. The molecule has 1 aromatic heterocycles. The van der Waals surface area contributed by atoms with Crippen LogP contribution in [0.4, 0.5) is 5.69 Å². The summed E-state index contributed by atoms with van der Waals surface area (Å²) in [6.07, 6.45) is 3.50. The van der Waals surface area contributed by atoms with E-state index in [1.807, 2.05) is 47.4 Å². The number of anilines is 1. The van der Waals surface area contributed by atoms with Crippen molar-refractivity contribution in [1.82, 2.24) is 15.1 Å². The molecule has 3 aromatic rings. The van der Waals surface area contributed by atoms with Crippen LogP contribution in [0.15, 0.2) is 48.7 Å². The molecule has 0 saturated carbocycles. The minimum atomic E-state index is -0.127. The lowest BCUT2D eigenvalue weighted by atomic mass is 9.93. The Morgan fingerprint density at radius 3 is 2.81 bits per heavy atom. The Morgan fingerprint density at radius 2 is 2.00 bits per heavy atom. The Morgan fingerprint density at radius 1 is 1.19 bits per heavy atom. The lowest BCUT2D eigenvalue weighted by Crippen LogP contribution is -2.39. The number of aromatic nitrogens is 2. The highest BCUT2D eigenvalue weighted by molar-refractivity contribution is 5.98. The van der Waals surface area contributed by atoms with Crippen molar-refractivity contribution in [3.63, 3.8) is 0 Å². The third kappa shape index (κ3) is 3.56. The molecule has 1 fully saturated rings. The summed E-state index contributed by atoms with van der Waals surface area (Å²) in [4.78, 5) is 26.3. The first kappa shape index (κ1) is 17.3. The molecular formula is C21H22N4O2. The normalized spacial score (nSPS) is 17.1.